The lowest BCUT2D eigenvalue weighted by Gasteiger charge is -2.05. The Labute approximate surface area is 116 Å². The highest BCUT2D eigenvalue weighted by Gasteiger charge is 2.17. The van der Waals surface area contributed by atoms with Gasteiger partial charge in [-0.05, 0) is 13.3 Å². The SMILES string of the molecule is CCCc1[nH]nc(C(=O)NCc2nncn2CC)c1N. The van der Waals surface area contributed by atoms with Crippen molar-refractivity contribution in [3.8, 4) is 0 Å². The zero-order valence-electron chi connectivity index (χ0n) is 11.7. The zero-order chi connectivity index (χ0) is 14.5. The number of carbonyl (C=O) groups is 1. The number of aromatic amines is 1. The summed E-state index contributed by atoms with van der Waals surface area (Å²) in [7, 11) is 0. The molecule has 0 spiro atoms. The first-order chi connectivity index (χ1) is 9.67. The summed E-state index contributed by atoms with van der Waals surface area (Å²) in [6.45, 7) is 5.07. The molecule has 2 heterocycles. The maximum Gasteiger partial charge on any atom is 0.274 e. The summed E-state index contributed by atoms with van der Waals surface area (Å²) in [5.41, 5.74) is 7.36. The molecule has 0 aliphatic carbocycles. The molecule has 1 amide bonds. The Bertz CT molecular complexity index is 586. The van der Waals surface area contributed by atoms with Gasteiger partial charge in [-0.2, -0.15) is 5.10 Å². The van der Waals surface area contributed by atoms with Crippen LogP contribution >= 0.6 is 0 Å². The van der Waals surface area contributed by atoms with Crippen LogP contribution in [0.1, 0.15) is 42.3 Å². The molecule has 2 aromatic heterocycles. The topological polar surface area (TPSA) is 115 Å². The quantitative estimate of drug-likeness (QED) is 0.710. The third-order valence-electron chi connectivity index (χ3n) is 3.04. The molecule has 2 aromatic rings. The van der Waals surface area contributed by atoms with Crippen molar-refractivity contribution < 1.29 is 4.79 Å². The average Bonchev–Trinajstić information content (AvgIpc) is 3.04. The molecule has 4 N–H and O–H groups in total. The lowest BCUT2D eigenvalue weighted by Crippen LogP contribution is -2.25. The minimum Gasteiger partial charge on any atom is -0.395 e. The van der Waals surface area contributed by atoms with Crippen molar-refractivity contribution in [2.75, 3.05) is 5.73 Å². The zero-order valence-corrected chi connectivity index (χ0v) is 11.7. The van der Waals surface area contributed by atoms with Gasteiger partial charge in [-0.25, -0.2) is 0 Å². The Morgan fingerprint density at radius 1 is 1.50 bits per heavy atom. The Kier molecular flexibility index (Phi) is 4.34. The van der Waals surface area contributed by atoms with Crippen LogP contribution < -0.4 is 11.1 Å². The van der Waals surface area contributed by atoms with E-state index in [4.69, 9.17) is 5.73 Å². The van der Waals surface area contributed by atoms with Gasteiger partial charge >= 0.3 is 0 Å². The Hall–Kier alpha value is -2.38. The van der Waals surface area contributed by atoms with E-state index in [1.54, 1.807) is 6.33 Å². The number of aryl methyl sites for hydroxylation is 2. The molecule has 0 bridgehead atoms. The van der Waals surface area contributed by atoms with E-state index in [2.05, 4.69) is 25.7 Å². The van der Waals surface area contributed by atoms with Gasteiger partial charge in [-0.15, -0.1) is 10.2 Å². The van der Waals surface area contributed by atoms with Crippen molar-refractivity contribution in [3.05, 3.63) is 23.5 Å². The number of carbonyl (C=O) groups excluding carboxylic acids is 1. The van der Waals surface area contributed by atoms with Gasteiger partial charge in [-0.1, -0.05) is 13.3 Å². The van der Waals surface area contributed by atoms with Crippen molar-refractivity contribution in [2.45, 2.75) is 39.8 Å². The van der Waals surface area contributed by atoms with Crippen LogP contribution in [0.3, 0.4) is 0 Å². The Morgan fingerprint density at radius 3 is 3.00 bits per heavy atom. The number of hydrogen-bond acceptors (Lipinski definition) is 5. The fourth-order valence-electron chi connectivity index (χ4n) is 1.92. The maximum atomic E-state index is 12.0. The molecule has 8 heteroatoms. The Morgan fingerprint density at radius 2 is 2.30 bits per heavy atom. The molecule has 0 fully saturated rings. The van der Waals surface area contributed by atoms with Gasteiger partial charge in [0.05, 0.1) is 17.9 Å². The van der Waals surface area contributed by atoms with E-state index in [-0.39, 0.29) is 11.6 Å². The average molecular weight is 277 g/mol. The summed E-state index contributed by atoms with van der Waals surface area (Å²) in [5.74, 6) is 0.385. The molecular weight excluding hydrogens is 258 g/mol. The van der Waals surface area contributed by atoms with Gasteiger partial charge in [0.2, 0.25) is 0 Å². The first-order valence-corrected chi connectivity index (χ1v) is 6.64. The van der Waals surface area contributed by atoms with E-state index >= 15 is 0 Å². The largest absolute Gasteiger partial charge is 0.395 e. The molecule has 0 saturated heterocycles. The highest BCUT2D eigenvalue weighted by atomic mass is 16.2. The normalized spacial score (nSPS) is 10.7. The van der Waals surface area contributed by atoms with E-state index in [0.717, 1.165) is 25.1 Å². The summed E-state index contributed by atoms with van der Waals surface area (Å²) < 4.78 is 1.86. The molecule has 2 rings (SSSR count). The molecule has 0 unspecified atom stereocenters. The predicted octanol–water partition coefficient (Wildman–Crippen LogP) is 0.486. The molecule has 0 radical (unpaired) electrons. The molecule has 0 aliphatic rings. The third-order valence-corrected chi connectivity index (χ3v) is 3.04. The number of amides is 1. The number of nitrogen functional groups attached to an aromatic ring is 1. The van der Waals surface area contributed by atoms with E-state index < -0.39 is 0 Å². The highest BCUT2D eigenvalue weighted by molar-refractivity contribution is 5.97. The molecule has 8 nitrogen and oxygen atoms in total. The molecule has 0 atom stereocenters. The first-order valence-electron chi connectivity index (χ1n) is 6.64. The summed E-state index contributed by atoms with van der Waals surface area (Å²) >= 11 is 0. The minimum atomic E-state index is -0.313. The number of rotatable bonds is 6. The first kappa shape index (κ1) is 14.0. The molecule has 0 saturated carbocycles. The van der Waals surface area contributed by atoms with Crippen LogP contribution in [-0.4, -0.2) is 30.9 Å². The minimum absolute atomic E-state index is 0.232. The molecule has 0 aromatic carbocycles. The van der Waals surface area contributed by atoms with E-state index in [1.165, 1.54) is 0 Å². The van der Waals surface area contributed by atoms with Gasteiger partial charge in [0, 0.05) is 6.54 Å². The van der Waals surface area contributed by atoms with Crippen LogP contribution in [0.25, 0.3) is 0 Å². The number of nitrogens with zero attached hydrogens (tertiary/aromatic N) is 4. The van der Waals surface area contributed by atoms with Gasteiger partial charge in [0.25, 0.3) is 5.91 Å². The van der Waals surface area contributed by atoms with Gasteiger partial charge in [0.15, 0.2) is 11.5 Å². The number of anilines is 1. The number of hydrogen-bond donors (Lipinski definition) is 3. The van der Waals surface area contributed by atoms with Crippen molar-refractivity contribution in [1.29, 1.82) is 0 Å². The van der Waals surface area contributed by atoms with E-state index in [9.17, 15) is 4.79 Å². The standard InChI is InChI=1S/C12H19N7O/c1-3-5-8-10(13)11(18-16-8)12(20)14-6-9-17-15-7-19(9)4-2/h7H,3-6,13H2,1-2H3,(H,14,20)(H,16,18). The van der Waals surface area contributed by atoms with Crippen LogP contribution in [0, 0.1) is 0 Å². The second-order valence-corrected chi connectivity index (χ2v) is 4.43. The van der Waals surface area contributed by atoms with Crippen LogP contribution in [0.4, 0.5) is 5.69 Å². The van der Waals surface area contributed by atoms with Crippen LogP contribution in [0.2, 0.25) is 0 Å². The maximum absolute atomic E-state index is 12.0. The summed E-state index contributed by atoms with van der Waals surface area (Å²) in [4.78, 5) is 12.0. The fraction of sp³-hybridized carbons (Fsp3) is 0.500. The molecule has 20 heavy (non-hydrogen) atoms. The fourth-order valence-corrected chi connectivity index (χ4v) is 1.92. The summed E-state index contributed by atoms with van der Waals surface area (Å²) in [6.07, 6.45) is 3.34. The molecular formula is C12H19N7O. The van der Waals surface area contributed by atoms with Crippen LogP contribution in [-0.2, 0) is 19.5 Å². The van der Waals surface area contributed by atoms with Crippen molar-refractivity contribution in [1.82, 2.24) is 30.3 Å². The van der Waals surface area contributed by atoms with Crippen molar-refractivity contribution in [2.24, 2.45) is 0 Å². The van der Waals surface area contributed by atoms with E-state index in [0.29, 0.717) is 18.1 Å². The van der Waals surface area contributed by atoms with Crippen molar-refractivity contribution in [3.63, 3.8) is 0 Å². The van der Waals surface area contributed by atoms with Gasteiger partial charge in [0.1, 0.15) is 6.33 Å². The van der Waals surface area contributed by atoms with Gasteiger partial charge in [-0.3, -0.25) is 9.89 Å². The lowest BCUT2D eigenvalue weighted by atomic mass is 10.2. The third kappa shape index (κ3) is 2.79. The van der Waals surface area contributed by atoms with E-state index in [1.807, 2.05) is 18.4 Å². The molecule has 0 aliphatic heterocycles. The molecule has 108 valence electrons. The predicted molar refractivity (Wildman–Crippen MR) is 73.9 cm³/mol. The number of nitrogens with one attached hydrogen (secondary N) is 2. The smallest absolute Gasteiger partial charge is 0.274 e. The lowest BCUT2D eigenvalue weighted by molar-refractivity contribution is 0.0945. The summed E-state index contributed by atoms with van der Waals surface area (Å²) in [6, 6.07) is 0. The monoisotopic (exact) mass is 277 g/mol. The number of H-pyrrole nitrogens is 1. The number of nitrogens with two attached hydrogens (primary N) is 1. The second-order valence-electron chi connectivity index (χ2n) is 4.43. The number of aromatic nitrogens is 5. The highest BCUT2D eigenvalue weighted by Crippen LogP contribution is 2.15. The van der Waals surface area contributed by atoms with Gasteiger partial charge < -0.3 is 15.6 Å². The second kappa shape index (κ2) is 6.18. The van der Waals surface area contributed by atoms with Crippen LogP contribution in [0.5, 0.6) is 0 Å². The van der Waals surface area contributed by atoms with Crippen molar-refractivity contribution >= 4 is 11.6 Å². The Balaban J connectivity index is 2.02. The van der Waals surface area contributed by atoms with Crippen LogP contribution in [0.15, 0.2) is 6.33 Å². The summed E-state index contributed by atoms with van der Waals surface area (Å²) in [5, 5.41) is 17.3.